The number of carbonyl (C=O) groups is 2. The van der Waals surface area contributed by atoms with E-state index in [-0.39, 0.29) is 0 Å². The van der Waals surface area contributed by atoms with Crippen molar-refractivity contribution in [3.8, 4) is 0 Å². The Balaban J connectivity index is 4.02. The zero-order valence-corrected chi connectivity index (χ0v) is 9.13. The Bertz CT molecular complexity index is 318. The lowest BCUT2D eigenvalue weighted by atomic mass is 10.3. The number of rotatable bonds is 6. The normalized spacial score (nSPS) is 10.3. The molecule has 0 N–H and O–H groups in total. The molecule has 0 atom stereocenters. The van der Waals surface area contributed by atoms with E-state index in [1.165, 1.54) is 0 Å². The van der Waals surface area contributed by atoms with E-state index in [2.05, 4.69) is 22.6 Å². The minimum atomic E-state index is -2.90. The summed E-state index contributed by atoms with van der Waals surface area (Å²) in [5.74, 6) is -3.14. The largest absolute Gasteiger partial charge is 0.453 e. The number of hydrogen-bond donors (Lipinski definition) is 0. The number of ether oxygens (including phenoxy) is 2. The highest BCUT2D eigenvalue weighted by atomic mass is 19.3. The van der Waals surface area contributed by atoms with Crippen molar-refractivity contribution in [3.63, 3.8) is 0 Å². The second kappa shape index (κ2) is 7.46. The van der Waals surface area contributed by atoms with Crippen molar-refractivity contribution < 1.29 is 36.6 Å². The molecule has 0 rings (SSSR count). The Morgan fingerprint density at radius 1 is 0.833 bits per heavy atom. The molecule has 0 aliphatic heterocycles. The molecule has 0 unspecified atom stereocenters. The number of halogens is 4. The highest BCUT2D eigenvalue weighted by molar-refractivity contribution is 6.29. The fourth-order valence-corrected chi connectivity index (χ4v) is 0.560. The van der Waals surface area contributed by atoms with Gasteiger partial charge in [-0.3, -0.25) is 0 Å². The molecule has 0 fully saturated rings. The zero-order chi connectivity index (χ0) is 14.3. The van der Waals surface area contributed by atoms with Crippen LogP contribution in [0.4, 0.5) is 17.6 Å². The first kappa shape index (κ1) is 16.1. The molecule has 102 valence electrons. The van der Waals surface area contributed by atoms with Crippen molar-refractivity contribution >= 4 is 11.9 Å². The maximum atomic E-state index is 11.9. The van der Waals surface area contributed by atoms with Crippen LogP contribution in [-0.2, 0) is 19.1 Å². The molecule has 0 saturated heterocycles. The lowest BCUT2D eigenvalue weighted by Gasteiger charge is -2.07. The van der Waals surface area contributed by atoms with E-state index in [0.29, 0.717) is 0 Å². The summed E-state index contributed by atoms with van der Waals surface area (Å²) in [5.41, 5.74) is -1.40. The van der Waals surface area contributed by atoms with Gasteiger partial charge >= 0.3 is 11.9 Å². The molecule has 4 nitrogen and oxygen atoms in total. The number of alkyl halides is 4. The van der Waals surface area contributed by atoms with E-state index in [1.807, 2.05) is 0 Å². The lowest BCUT2D eigenvalue weighted by Crippen LogP contribution is -2.23. The summed E-state index contributed by atoms with van der Waals surface area (Å²) in [6.45, 7) is 4.06. The summed E-state index contributed by atoms with van der Waals surface area (Å²) in [4.78, 5) is 21.7. The van der Waals surface area contributed by atoms with Gasteiger partial charge in [-0.05, 0) is 0 Å². The highest BCUT2D eigenvalue weighted by Gasteiger charge is 2.20. The monoisotopic (exact) mass is 270 g/mol. The van der Waals surface area contributed by atoms with E-state index < -0.39 is 49.1 Å². The smallest absolute Gasteiger partial charge is 0.417 e. The molecule has 0 radical (unpaired) electrons. The van der Waals surface area contributed by atoms with Gasteiger partial charge in [-0.2, -0.15) is 0 Å². The van der Waals surface area contributed by atoms with Crippen LogP contribution in [0.1, 0.15) is 0 Å². The second-order valence-corrected chi connectivity index (χ2v) is 3.07. The summed E-state index contributed by atoms with van der Waals surface area (Å²) in [7, 11) is 0. The predicted octanol–water partition coefficient (Wildman–Crippen LogP) is 1.72. The van der Waals surface area contributed by atoms with E-state index in [9.17, 15) is 27.2 Å². The van der Waals surface area contributed by atoms with Crippen LogP contribution in [0, 0.1) is 0 Å². The van der Waals surface area contributed by atoms with E-state index >= 15 is 0 Å². The molecule has 0 spiro atoms. The van der Waals surface area contributed by atoms with Gasteiger partial charge in [-0.25, -0.2) is 27.2 Å². The van der Waals surface area contributed by atoms with E-state index in [4.69, 9.17) is 0 Å². The molecular formula is C10H10F4O4. The zero-order valence-electron chi connectivity index (χ0n) is 9.13. The quantitative estimate of drug-likeness (QED) is 0.319. The second-order valence-electron chi connectivity index (χ2n) is 3.07. The first-order valence-electron chi connectivity index (χ1n) is 4.51. The maximum Gasteiger partial charge on any atom is 0.417 e. The van der Waals surface area contributed by atoms with Gasteiger partial charge in [0.05, 0.1) is 0 Å². The first-order chi connectivity index (χ1) is 8.25. The Kier molecular flexibility index (Phi) is 6.69. The summed E-state index contributed by atoms with van der Waals surface area (Å²) < 4.78 is 55.9. The van der Waals surface area contributed by atoms with Crippen LogP contribution >= 0.6 is 0 Å². The average Bonchev–Trinajstić information content (AvgIpc) is 2.31. The molecule has 0 aliphatic carbocycles. The Morgan fingerprint density at radius 2 is 1.11 bits per heavy atom. The molecule has 18 heavy (non-hydrogen) atoms. The van der Waals surface area contributed by atoms with Gasteiger partial charge in [0, 0.05) is 11.1 Å². The van der Waals surface area contributed by atoms with Crippen LogP contribution in [0.5, 0.6) is 0 Å². The molecule has 0 amide bonds. The lowest BCUT2D eigenvalue weighted by molar-refractivity contribution is -0.166. The van der Waals surface area contributed by atoms with E-state index in [0.717, 1.165) is 0 Å². The standard InChI is InChI=1S/C10H10F4O4/c1-5(7(11)12)3-17-9(15)10(16)18-4-6(2)8(13)14/h7-8H,1-4H2. The molecule has 0 heterocycles. The van der Waals surface area contributed by atoms with Crippen molar-refractivity contribution in [1.82, 2.24) is 0 Å². The fraction of sp³-hybridized carbons (Fsp3) is 0.400. The molecule has 0 aliphatic rings. The minimum absolute atomic E-state index is 0.701. The van der Waals surface area contributed by atoms with Gasteiger partial charge < -0.3 is 9.47 Å². The third kappa shape index (κ3) is 6.02. The topological polar surface area (TPSA) is 52.6 Å². The SMILES string of the molecule is C=C(COC(=O)C(=O)OCC(=C)C(F)F)C(F)F. The minimum Gasteiger partial charge on any atom is -0.453 e. The molecule has 0 saturated carbocycles. The van der Waals surface area contributed by atoms with Crippen molar-refractivity contribution in [2.24, 2.45) is 0 Å². The maximum absolute atomic E-state index is 11.9. The Hall–Kier alpha value is -1.86. The summed E-state index contributed by atoms with van der Waals surface area (Å²) in [5, 5.41) is 0. The van der Waals surface area contributed by atoms with Crippen molar-refractivity contribution in [2.45, 2.75) is 12.9 Å². The van der Waals surface area contributed by atoms with E-state index in [1.54, 1.807) is 0 Å². The molecule has 0 aromatic carbocycles. The number of carbonyl (C=O) groups excluding carboxylic acids is 2. The summed E-state index contributed by atoms with van der Waals surface area (Å²) in [6, 6.07) is 0. The van der Waals surface area contributed by atoms with Gasteiger partial charge in [0.2, 0.25) is 0 Å². The third-order valence-electron chi connectivity index (χ3n) is 1.56. The highest BCUT2D eigenvalue weighted by Crippen LogP contribution is 2.07. The predicted molar refractivity (Wildman–Crippen MR) is 52.2 cm³/mol. The van der Waals surface area contributed by atoms with Crippen LogP contribution < -0.4 is 0 Å². The Labute approximate surface area is 99.9 Å². The number of esters is 2. The molecule has 0 bridgehead atoms. The molecule has 0 aromatic rings. The van der Waals surface area contributed by atoms with Crippen molar-refractivity contribution in [3.05, 3.63) is 24.3 Å². The van der Waals surface area contributed by atoms with Crippen LogP contribution in [0.25, 0.3) is 0 Å². The van der Waals surface area contributed by atoms with Crippen LogP contribution in [0.15, 0.2) is 24.3 Å². The van der Waals surface area contributed by atoms with Crippen LogP contribution in [-0.4, -0.2) is 38.0 Å². The summed E-state index contributed by atoms with van der Waals surface area (Å²) >= 11 is 0. The third-order valence-corrected chi connectivity index (χ3v) is 1.56. The average molecular weight is 270 g/mol. The van der Waals surface area contributed by atoms with Crippen LogP contribution in [0.2, 0.25) is 0 Å². The molecular weight excluding hydrogens is 260 g/mol. The molecule has 0 aromatic heterocycles. The van der Waals surface area contributed by atoms with Crippen LogP contribution in [0.3, 0.4) is 0 Å². The molecule has 8 heteroatoms. The summed E-state index contributed by atoms with van der Waals surface area (Å²) in [6.07, 6.45) is -5.79. The van der Waals surface area contributed by atoms with Gasteiger partial charge in [0.15, 0.2) is 0 Å². The Morgan fingerprint density at radius 3 is 1.33 bits per heavy atom. The van der Waals surface area contributed by atoms with Gasteiger partial charge in [0.25, 0.3) is 12.9 Å². The van der Waals surface area contributed by atoms with Gasteiger partial charge in [-0.1, -0.05) is 13.2 Å². The van der Waals surface area contributed by atoms with Gasteiger partial charge in [-0.15, -0.1) is 0 Å². The fourth-order valence-electron chi connectivity index (χ4n) is 0.560. The van der Waals surface area contributed by atoms with Gasteiger partial charge in [0.1, 0.15) is 13.2 Å². The van der Waals surface area contributed by atoms with Crippen molar-refractivity contribution in [1.29, 1.82) is 0 Å². The number of hydrogen-bond acceptors (Lipinski definition) is 4. The van der Waals surface area contributed by atoms with Crippen molar-refractivity contribution in [2.75, 3.05) is 13.2 Å². The first-order valence-corrected chi connectivity index (χ1v) is 4.51.